The Bertz CT molecular complexity index is 394. The number of rotatable bonds is 7. The zero-order chi connectivity index (χ0) is 14.4. The lowest BCUT2D eigenvalue weighted by Crippen LogP contribution is -2.29. The van der Waals surface area contributed by atoms with E-state index in [9.17, 15) is 4.79 Å². The van der Waals surface area contributed by atoms with Gasteiger partial charge in [-0.15, -0.1) is 0 Å². The quantitative estimate of drug-likeness (QED) is 0.754. The molecule has 1 aromatic carbocycles. The predicted molar refractivity (Wildman–Crippen MR) is 81.7 cm³/mol. The van der Waals surface area contributed by atoms with Gasteiger partial charge in [0.1, 0.15) is 5.78 Å². The van der Waals surface area contributed by atoms with Gasteiger partial charge in [-0.25, -0.2) is 0 Å². The third-order valence-corrected chi connectivity index (χ3v) is 3.53. The topological polar surface area (TPSA) is 23.6 Å². The van der Waals surface area contributed by atoms with Crippen molar-refractivity contribution in [2.24, 2.45) is 0 Å². The number of carbonyl (C=O) groups is 1. The highest BCUT2D eigenvalue weighted by molar-refractivity contribution is 5.76. The first-order chi connectivity index (χ1) is 8.99. The third kappa shape index (κ3) is 4.35. The van der Waals surface area contributed by atoms with Crippen LogP contribution in [0.1, 0.15) is 38.8 Å². The van der Waals surface area contributed by atoms with E-state index in [1.807, 2.05) is 14.1 Å². The Balaban J connectivity index is 2.99. The lowest BCUT2D eigenvalue weighted by Gasteiger charge is -2.29. The molecule has 0 aliphatic heterocycles. The summed E-state index contributed by atoms with van der Waals surface area (Å²) in [4.78, 5) is 15.9. The van der Waals surface area contributed by atoms with Crippen LogP contribution in [0.3, 0.4) is 0 Å². The van der Waals surface area contributed by atoms with Crippen molar-refractivity contribution in [3.63, 3.8) is 0 Å². The zero-order valence-corrected chi connectivity index (χ0v) is 12.8. The molecule has 3 heteroatoms. The number of ketones is 1. The molecule has 1 unspecified atom stereocenters. The Labute approximate surface area is 117 Å². The number of carbonyl (C=O) groups excluding carboxylic acids is 1. The van der Waals surface area contributed by atoms with E-state index in [1.165, 1.54) is 11.3 Å². The summed E-state index contributed by atoms with van der Waals surface area (Å²) in [7, 11) is 4.07. The number of nitrogens with zero attached hydrogens (tertiary/aromatic N) is 2. The van der Waals surface area contributed by atoms with E-state index in [2.05, 4.69) is 47.9 Å². The summed E-state index contributed by atoms with van der Waals surface area (Å²) in [5.74, 6) is 0.244. The smallest absolute Gasteiger partial charge is 0.131 e. The largest absolute Gasteiger partial charge is 0.378 e. The van der Waals surface area contributed by atoms with Crippen molar-refractivity contribution in [3.8, 4) is 0 Å². The van der Waals surface area contributed by atoms with Gasteiger partial charge in [-0.1, -0.05) is 26.0 Å². The molecule has 1 rings (SSSR count). The minimum atomic E-state index is 0.198. The molecule has 0 aromatic heterocycles. The average molecular weight is 262 g/mol. The summed E-state index contributed by atoms with van der Waals surface area (Å²) < 4.78 is 0. The van der Waals surface area contributed by atoms with E-state index < -0.39 is 0 Å². The van der Waals surface area contributed by atoms with Gasteiger partial charge in [-0.2, -0.15) is 0 Å². The van der Waals surface area contributed by atoms with E-state index >= 15 is 0 Å². The van der Waals surface area contributed by atoms with Crippen molar-refractivity contribution in [2.45, 2.75) is 33.2 Å². The molecule has 3 nitrogen and oxygen atoms in total. The van der Waals surface area contributed by atoms with Crippen molar-refractivity contribution in [2.75, 3.05) is 32.1 Å². The second-order valence-corrected chi connectivity index (χ2v) is 5.13. The van der Waals surface area contributed by atoms with Gasteiger partial charge in [0.05, 0.1) is 0 Å². The molecule has 1 aromatic rings. The SMILES string of the molecule is CCN(CC)C(CC(C)=O)c1ccc(N(C)C)cc1. The van der Waals surface area contributed by atoms with Crippen molar-refractivity contribution in [3.05, 3.63) is 29.8 Å². The number of hydrogen-bond acceptors (Lipinski definition) is 3. The van der Waals surface area contributed by atoms with Crippen LogP contribution in [0.4, 0.5) is 5.69 Å². The predicted octanol–water partition coefficient (Wildman–Crippen LogP) is 3.11. The van der Waals surface area contributed by atoms with Gasteiger partial charge in [0.25, 0.3) is 0 Å². The van der Waals surface area contributed by atoms with E-state index in [-0.39, 0.29) is 11.8 Å². The van der Waals surface area contributed by atoms with E-state index in [0.717, 1.165) is 13.1 Å². The number of hydrogen-bond donors (Lipinski definition) is 0. The van der Waals surface area contributed by atoms with Crippen LogP contribution < -0.4 is 4.90 Å². The van der Waals surface area contributed by atoms with Gasteiger partial charge in [-0.05, 0) is 37.7 Å². The van der Waals surface area contributed by atoms with Crippen LogP contribution in [0, 0.1) is 0 Å². The monoisotopic (exact) mass is 262 g/mol. The molecule has 0 N–H and O–H groups in total. The molecule has 0 heterocycles. The van der Waals surface area contributed by atoms with Crippen LogP contribution in [-0.2, 0) is 4.79 Å². The number of Topliss-reactive ketones (excluding diaryl/α,β-unsaturated/α-hetero) is 1. The molecule has 0 amide bonds. The fourth-order valence-corrected chi connectivity index (χ4v) is 2.39. The Morgan fingerprint density at radius 1 is 1.11 bits per heavy atom. The van der Waals surface area contributed by atoms with Crippen LogP contribution in [0.25, 0.3) is 0 Å². The zero-order valence-electron chi connectivity index (χ0n) is 12.8. The summed E-state index contributed by atoms with van der Waals surface area (Å²) in [6, 6.07) is 8.71. The van der Waals surface area contributed by atoms with E-state index in [0.29, 0.717) is 6.42 Å². The minimum absolute atomic E-state index is 0.198. The highest BCUT2D eigenvalue weighted by Crippen LogP contribution is 2.26. The van der Waals surface area contributed by atoms with Gasteiger partial charge in [0.2, 0.25) is 0 Å². The molecule has 19 heavy (non-hydrogen) atoms. The molecule has 0 radical (unpaired) electrons. The Morgan fingerprint density at radius 2 is 1.63 bits per heavy atom. The summed E-state index contributed by atoms with van der Waals surface area (Å²) in [5.41, 5.74) is 2.41. The standard InChI is InChI=1S/C16H26N2O/c1-6-18(7-2)16(12-13(3)19)14-8-10-15(11-9-14)17(4)5/h8-11,16H,6-7,12H2,1-5H3. The van der Waals surface area contributed by atoms with Gasteiger partial charge in [0.15, 0.2) is 0 Å². The van der Waals surface area contributed by atoms with Crippen molar-refractivity contribution in [1.82, 2.24) is 4.90 Å². The van der Waals surface area contributed by atoms with Crippen LogP contribution >= 0.6 is 0 Å². The molecule has 0 fully saturated rings. The minimum Gasteiger partial charge on any atom is -0.378 e. The molecule has 0 bridgehead atoms. The highest BCUT2D eigenvalue weighted by atomic mass is 16.1. The maximum atomic E-state index is 11.5. The number of benzene rings is 1. The summed E-state index contributed by atoms with van der Waals surface area (Å²) in [6.45, 7) is 7.88. The Hall–Kier alpha value is -1.35. The second kappa shape index (κ2) is 7.29. The highest BCUT2D eigenvalue weighted by Gasteiger charge is 2.19. The molecule has 106 valence electrons. The maximum Gasteiger partial charge on any atom is 0.131 e. The third-order valence-electron chi connectivity index (χ3n) is 3.53. The molecule has 0 aliphatic rings. The molecule has 0 spiro atoms. The van der Waals surface area contributed by atoms with Crippen LogP contribution in [0.15, 0.2) is 24.3 Å². The van der Waals surface area contributed by atoms with Crippen molar-refractivity contribution in [1.29, 1.82) is 0 Å². The first kappa shape index (κ1) is 15.7. The van der Waals surface area contributed by atoms with Crippen LogP contribution in [-0.4, -0.2) is 37.9 Å². The molecular weight excluding hydrogens is 236 g/mol. The van der Waals surface area contributed by atoms with Gasteiger partial charge < -0.3 is 4.90 Å². The summed E-state index contributed by atoms with van der Waals surface area (Å²) in [6.07, 6.45) is 0.586. The summed E-state index contributed by atoms with van der Waals surface area (Å²) >= 11 is 0. The lowest BCUT2D eigenvalue weighted by molar-refractivity contribution is -0.118. The van der Waals surface area contributed by atoms with Gasteiger partial charge in [0, 0.05) is 32.2 Å². The Kier molecular flexibility index (Phi) is 6.03. The van der Waals surface area contributed by atoms with E-state index in [4.69, 9.17) is 0 Å². The fraction of sp³-hybridized carbons (Fsp3) is 0.562. The molecule has 0 aliphatic carbocycles. The average Bonchev–Trinajstić information content (AvgIpc) is 2.38. The van der Waals surface area contributed by atoms with Gasteiger partial charge >= 0.3 is 0 Å². The van der Waals surface area contributed by atoms with Crippen LogP contribution in [0.2, 0.25) is 0 Å². The van der Waals surface area contributed by atoms with Crippen molar-refractivity contribution >= 4 is 11.5 Å². The maximum absolute atomic E-state index is 11.5. The molecular formula is C16H26N2O. The molecule has 1 atom stereocenters. The molecule has 0 saturated carbocycles. The first-order valence-corrected chi connectivity index (χ1v) is 7.00. The number of anilines is 1. The van der Waals surface area contributed by atoms with Crippen LogP contribution in [0.5, 0.6) is 0 Å². The Morgan fingerprint density at radius 3 is 2.00 bits per heavy atom. The second-order valence-electron chi connectivity index (χ2n) is 5.13. The van der Waals surface area contributed by atoms with Crippen molar-refractivity contribution < 1.29 is 4.79 Å². The lowest BCUT2D eigenvalue weighted by atomic mass is 9.99. The molecule has 0 saturated heterocycles. The van der Waals surface area contributed by atoms with Gasteiger partial charge in [-0.3, -0.25) is 9.69 Å². The van der Waals surface area contributed by atoms with E-state index in [1.54, 1.807) is 6.92 Å². The fourth-order valence-electron chi connectivity index (χ4n) is 2.39. The summed E-state index contributed by atoms with van der Waals surface area (Å²) in [5, 5.41) is 0. The normalized spacial score (nSPS) is 12.5. The first-order valence-electron chi connectivity index (χ1n) is 7.00.